The lowest BCUT2D eigenvalue weighted by molar-refractivity contribution is -0.210. The number of carbonyl (C=O) groups excluding carboxylic acids is 1. The minimum absolute atomic E-state index is 0.464. The minimum atomic E-state index is -0.503. The fourth-order valence-electron chi connectivity index (χ4n) is 2.88. The van der Waals surface area contributed by atoms with Crippen molar-refractivity contribution in [2.24, 2.45) is 0 Å². The zero-order valence-corrected chi connectivity index (χ0v) is 17.1. The average Bonchev–Trinajstić information content (AvgIpc) is 3.22. The van der Waals surface area contributed by atoms with Crippen LogP contribution in [0.1, 0.15) is 12.5 Å². The third-order valence-electron chi connectivity index (χ3n) is 4.21. The maximum Gasteiger partial charge on any atom is 0.352 e. The molecule has 1 heterocycles. The number of hydrogen-bond donors (Lipinski definition) is 0. The molecule has 0 saturated carbocycles. The summed E-state index contributed by atoms with van der Waals surface area (Å²) in [5.41, 5.74) is 3.79. The molecule has 0 atom stereocenters. The number of benzene rings is 3. The molecule has 5 nitrogen and oxygen atoms in total. The average molecular weight is 417 g/mol. The van der Waals surface area contributed by atoms with Crippen molar-refractivity contribution < 1.29 is 19.0 Å². The van der Waals surface area contributed by atoms with E-state index in [1.807, 2.05) is 78.9 Å². The van der Waals surface area contributed by atoms with Gasteiger partial charge in [0.2, 0.25) is 0 Å². The first-order chi connectivity index (χ1) is 14.7. The lowest BCUT2D eigenvalue weighted by atomic mass is 10.1. The van der Waals surface area contributed by atoms with Crippen molar-refractivity contribution in [2.75, 3.05) is 0 Å². The Morgan fingerprint density at radius 2 is 1.63 bits per heavy atom. The predicted octanol–water partition coefficient (Wildman–Crippen LogP) is 6.16. The van der Waals surface area contributed by atoms with Crippen molar-refractivity contribution in [3.05, 3.63) is 90.5 Å². The first-order valence-corrected chi connectivity index (χ1v) is 10.4. The van der Waals surface area contributed by atoms with Gasteiger partial charge in [-0.25, -0.2) is 9.78 Å². The Kier molecular flexibility index (Phi) is 6.15. The van der Waals surface area contributed by atoms with Crippen LogP contribution in [0.5, 0.6) is 5.75 Å². The van der Waals surface area contributed by atoms with Crippen LogP contribution >= 0.6 is 11.8 Å². The van der Waals surface area contributed by atoms with Crippen LogP contribution in [0.15, 0.2) is 94.6 Å². The Morgan fingerprint density at radius 3 is 2.33 bits per heavy atom. The molecule has 0 unspecified atom stereocenters. The summed E-state index contributed by atoms with van der Waals surface area (Å²) in [7, 11) is 0. The lowest BCUT2D eigenvalue weighted by Crippen LogP contribution is -2.02. The summed E-state index contributed by atoms with van der Waals surface area (Å²) in [4.78, 5) is 25.2. The summed E-state index contributed by atoms with van der Waals surface area (Å²) in [6.07, 6.45) is 0. The van der Waals surface area contributed by atoms with Gasteiger partial charge >= 0.3 is 5.97 Å². The largest absolute Gasteiger partial charge is 0.431 e. The van der Waals surface area contributed by atoms with Crippen LogP contribution in [0, 0.1) is 0 Å². The van der Waals surface area contributed by atoms with Gasteiger partial charge in [0.05, 0.1) is 0 Å². The molecule has 0 fully saturated rings. The number of rotatable bonds is 7. The van der Waals surface area contributed by atoms with Crippen LogP contribution in [-0.2, 0) is 15.4 Å². The van der Waals surface area contributed by atoms with E-state index >= 15 is 0 Å². The molecule has 0 amide bonds. The molecule has 0 saturated heterocycles. The Morgan fingerprint density at radius 1 is 0.933 bits per heavy atom. The predicted molar refractivity (Wildman–Crippen MR) is 116 cm³/mol. The highest BCUT2D eigenvalue weighted by molar-refractivity contribution is 7.98. The molecule has 0 spiro atoms. The van der Waals surface area contributed by atoms with Crippen molar-refractivity contribution in [2.45, 2.75) is 17.9 Å². The highest BCUT2D eigenvalue weighted by atomic mass is 32.2. The quantitative estimate of drug-likeness (QED) is 0.204. The summed E-state index contributed by atoms with van der Waals surface area (Å²) in [6, 6.07) is 27.3. The van der Waals surface area contributed by atoms with E-state index in [4.69, 9.17) is 14.3 Å². The van der Waals surface area contributed by atoms with Crippen LogP contribution in [0.4, 0.5) is 0 Å². The van der Waals surface area contributed by atoms with E-state index in [2.05, 4.69) is 4.89 Å². The molecular formula is C24H19NO4S. The molecule has 150 valence electrons. The number of nitrogens with zero attached hydrogens (tertiary/aromatic N) is 1. The molecule has 0 bridgehead atoms. The topological polar surface area (TPSA) is 61.6 Å². The zero-order chi connectivity index (χ0) is 20.8. The molecule has 3 aromatic carbocycles. The standard InChI is InChI=1S/C24H19NO4S/c1-17(26)28-29-21-14-8-9-18(15-21)16-30-24-25-22(19-10-4-2-5-11-19)23(27-24)20-12-6-3-7-13-20/h2-15H,16H2,1H3. The number of thioether (sulfide) groups is 1. The Hall–Kier alpha value is -3.51. The van der Waals surface area contributed by atoms with E-state index in [0.717, 1.165) is 28.1 Å². The molecule has 0 radical (unpaired) electrons. The number of hydrogen-bond acceptors (Lipinski definition) is 6. The first kappa shape index (κ1) is 19.8. The maximum absolute atomic E-state index is 10.9. The molecule has 0 aliphatic carbocycles. The molecule has 0 aliphatic heterocycles. The van der Waals surface area contributed by atoms with Crippen molar-refractivity contribution in [1.29, 1.82) is 0 Å². The van der Waals surface area contributed by atoms with Crippen molar-refractivity contribution in [1.82, 2.24) is 4.98 Å². The van der Waals surface area contributed by atoms with Gasteiger partial charge in [0.25, 0.3) is 5.22 Å². The summed E-state index contributed by atoms with van der Waals surface area (Å²) >= 11 is 1.49. The SMILES string of the molecule is CC(=O)OOc1cccc(CSc2nc(-c3ccccc3)c(-c3ccccc3)o2)c1. The second-order valence-electron chi connectivity index (χ2n) is 6.48. The molecule has 1 aromatic heterocycles. The van der Waals surface area contributed by atoms with E-state index in [0.29, 0.717) is 16.7 Å². The second-order valence-corrected chi connectivity index (χ2v) is 7.41. The molecule has 4 aromatic rings. The van der Waals surface area contributed by atoms with Crippen molar-refractivity contribution in [3.8, 4) is 28.3 Å². The molecule has 0 N–H and O–H groups in total. The highest BCUT2D eigenvalue weighted by Crippen LogP contribution is 2.36. The molecule has 6 heteroatoms. The minimum Gasteiger partial charge on any atom is -0.431 e. The second kappa shape index (κ2) is 9.33. The third-order valence-corrected chi connectivity index (χ3v) is 5.11. The maximum atomic E-state index is 10.9. The van der Waals surface area contributed by atoms with Crippen LogP contribution in [-0.4, -0.2) is 11.0 Å². The van der Waals surface area contributed by atoms with E-state index < -0.39 is 5.97 Å². The molecule has 4 rings (SSSR count). The van der Waals surface area contributed by atoms with Crippen LogP contribution < -0.4 is 4.89 Å². The Bertz CT molecular complexity index is 1070. The van der Waals surface area contributed by atoms with Gasteiger partial charge in [-0.2, -0.15) is 0 Å². The normalized spacial score (nSPS) is 10.6. The van der Waals surface area contributed by atoms with Gasteiger partial charge < -0.3 is 4.42 Å². The van der Waals surface area contributed by atoms with Gasteiger partial charge in [-0.3, -0.25) is 9.78 Å². The summed E-state index contributed by atoms with van der Waals surface area (Å²) in [5, 5.41) is 0.582. The fourth-order valence-corrected chi connectivity index (χ4v) is 3.65. The number of carbonyl (C=O) groups is 1. The Labute approximate surface area is 178 Å². The number of oxazole rings is 1. The van der Waals surface area contributed by atoms with E-state index in [-0.39, 0.29) is 0 Å². The fraction of sp³-hybridized carbons (Fsp3) is 0.0833. The smallest absolute Gasteiger partial charge is 0.352 e. The van der Waals surface area contributed by atoms with Gasteiger partial charge in [-0.15, -0.1) is 0 Å². The van der Waals surface area contributed by atoms with E-state index in [1.165, 1.54) is 18.7 Å². The van der Waals surface area contributed by atoms with E-state index in [1.54, 1.807) is 6.07 Å². The van der Waals surface area contributed by atoms with E-state index in [9.17, 15) is 4.79 Å². The first-order valence-electron chi connectivity index (χ1n) is 9.37. The third kappa shape index (κ3) is 4.90. The van der Waals surface area contributed by atoms with Crippen LogP contribution in [0.3, 0.4) is 0 Å². The summed E-state index contributed by atoms with van der Waals surface area (Å²) in [5.74, 6) is 1.33. The summed E-state index contributed by atoms with van der Waals surface area (Å²) < 4.78 is 6.14. The van der Waals surface area contributed by atoms with Gasteiger partial charge in [0.1, 0.15) is 5.69 Å². The van der Waals surface area contributed by atoms with Gasteiger partial charge in [0, 0.05) is 23.8 Å². The van der Waals surface area contributed by atoms with Crippen molar-refractivity contribution in [3.63, 3.8) is 0 Å². The molecule has 30 heavy (non-hydrogen) atoms. The van der Waals surface area contributed by atoms with Gasteiger partial charge in [0.15, 0.2) is 11.5 Å². The van der Waals surface area contributed by atoms with Crippen molar-refractivity contribution >= 4 is 17.7 Å². The zero-order valence-electron chi connectivity index (χ0n) is 16.3. The lowest BCUT2D eigenvalue weighted by Gasteiger charge is -2.04. The monoisotopic (exact) mass is 417 g/mol. The molecule has 0 aliphatic rings. The molecular weight excluding hydrogens is 398 g/mol. The highest BCUT2D eigenvalue weighted by Gasteiger charge is 2.17. The van der Waals surface area contributed by atoms with Crippen LogP contribution in [0.25, 0.3) is 22.6 Å². The van der Waals surface area contributed by atoms with Gasteiger partial charge in [-0.1, -0.05) is 84.6 Å². The Balaban J connectivity index is 1.56. The van der Waals surface area contributed by atoms with Crippen LogP contribution in [0.2, 0.25) is 0 Å². The summed E-state index contributed by atoms with van der Waals surface area (Å²) in [6.45, 7) is 1.29. The van der Waals surface area contributed by atoms with Gasteiger partial charge in [-0.05, 0) is 17.7 Å². The number of aromatic nitrogens is 1.